The van der Waals surface area contributed by atoms with Crippen LogP contribution in [0.4, 0.5) is 16.2 Å². The van der Waals surface area contributed by atoms with Gasteiger partial charge in [-0.05, 0) is 61.6 Å². The maximum absolute atomic E-state index is 13.7. The fourth-order valence-electron chi connectivity index (χ4n) is 5.59. The molecule has 0 bridgehead atoms. The van der Waals surface area contributed by atoms with Crippen LogP contribution in [0.1, 0.15) is 25.7 Å². The molecule has 3 aliphatic heterocycles. The molecule has 3 aromatic rings. The molecule has 6 rings (SSSR count). The second-order valence-electron chi connectivity index (χ2n) is 9.75. The number of fused-ring (bicyclic) bond motifs is 1. The number of piperazine rings is 1. The molecule has 180 valence electrons. The SMILES string of the molecule is Fc1ccc(-c2cc3c(N4CCCC4)nc(N4CCCC4)nc3n2CCN2CCNCC2)cc1. The molecule has 34 heavy (non-hydrogen) atoms. The summed E-state index contributed by atoms with van der Waals surface area (Å²) in [5, 5.41) is 4.56. The summed E-state index contributed by atoms with van der Waals surface area (Å²) in [4.78, 5) is 17.6. The maximum Gasteiger partial charge on any atom is 0.229 e. The van der Waals surface area contributed by atoms with E-state index in [1.807, 2.05) is 12.1 Å². The van der Waals surface area contributed by atoms with Gasteiger partial charge in [0, 0.05) is 65.4 Å². The van der Waals surface area contributed by atoms with E-state index in [4.69, 9.17) is 9.97 Å². The van der Waals surface area contributed by atoms with Gasteiger partial charge in [-0.2, -0.15) is 9.97 Å². The number of nitrogens with one attached hydrogen (secondary N) is 1. The third-order valence-electron chi connectivity index (χ3n) is 7.51. The number of halogens is 1. The lowest BCUT2D eigenvalue weighted by atomic mass is 10.1. The lowest BCUT2D eigenvalue weighted by molar-refractivity contribution is 0.233. The smallest absolute Gasteiger partial charge is 0.229 e. The molecule has 0 radical (unpaired) electrons. The van der Waals surface area contributed by atoms with Crippen LogP contribution < -0.4 is 15.1 Å². The molecule has 0 saturated carbocycles. The summed E-state index contributed by atoms with van der Waals surface area (Å²) in [6.07, 6.45) is 4.81. The zero-order chi connectivity index (χ0) is 22.9. The highest BCUT2D eigenvalue weighted by Gasteiger charge is 2.25. The molecule has 3 aliphatic rings. The van der Waals surface area contributed by atoms with Crippen LogP contribution in [0.3, 0.4) is 0 Å². The molecule has 0 amide bonds. The van der Waals surface area contributed by atoms with Gasteiger partial charge in [-0.1, -0.05) is 0 Å². The van der Waals surface area contributed by atoms with Crippen LogP contribution in [-0.4, -0.2) is 78.3 Å². The predicted octanol–water partition coefficient (Wildman–Crippen LogP) is 3.34. The predicted molar refractivity (Wildman–Crippen MR) is 135 cm³/mol. The number of anilines is 2. The van der Waals surface area contributed by atoms with Gasteiger partial charge in [-0.15, -0.1) is 0 Å². The van der Waals surface area contributed by atoms with Crippen LogP contribution in [0.2, 0.25) is 0 Å². The van der Waals surface area contributed by atoms with Crippen molar-refractivity contribution in [3.8, 4) is 11.3 Å². The van der Waals surface area contributed by atoms with E-state index in [-0.39, 0.29) is 5.82 Å². The van der Waals surface area contributed by atoms with E-state index in [9.17, 15) is 4.39 Å². The highest BCUT2D eigenvalue weighted by Crippen LogP contribution is 2.35. The van der Waals surface area contributed by atoms with Crippen molar-refractivity contribution in [1.82, 2.24) is 24.8 Å². The molecule has 1 aromatic carbocycles. The number of hydrogen-bond acceptors (Lipinski definition) is 6. The molecule has 0 spiro atoms. The fraction of sp³-hybridized carbons (Fsp3) is 0.538. The Morgan fingerprint density at radius 3 is 2.18 bits per heavy atom. The average Bonchev–Trinajstić information content (AvgIpc) is 3.65. The Balaban J connectivity index is 1.48. The van der Waals surface area contributed by atoms with Crippen molar-refractivity contribution >= 4 is 22.8 Å². The van der Waals surface area contributed by atoms with Crippen molar-refractivity contribution in [1.29, 1.82) is 0 Å². The van der Waals surface area contributed by atoms with Crippen LogP contribution in [0.25, 0.3) is 22.3 Å². The molecule has 5 heterocycles. The first kappa shape index (κ1) is 21.8. The highest BCUT2D eigenvalue weighted by molar-refractivity contribution is 5.94. The van der Waals surface area contributed by atoms with Gasteiger partial charge in [-0.3, -0.25) is 4.90 Å². The largest absolute Gasteiger partial charge is 0.356 e. The van der Waals surface area contributed by atoms with Gasteiger partial charge in [0.1, 0.15) is 17.3 Å². The summed E-state index contributed by atoms with van der Waals surface area (Å²) in [6, 6.07) is 9.11. The molecule has 3 fully saturated rings. The minimum Gasteiger partial charge on any atom is -0.356 e. The van der Waals surface area contributed by atoms with E-state index < -0.39 is 0 Å². The van der Waals surface area contributed by atoms with Crippen molar-refractivity contribution < 1.29 is 4.39 Å². The van der Waals surface area contributed by atoms with Gasteiger partial charge in [-0.25, -0.2) is 4.39 Å². The number of rotatable bonds is 6. The van der Waals surface area contributed by atoms with E-state index in [1.54, 1.807) is 12.1 Å². The molecule has 0 aliphatic carbocycles. The van der Waals surface area contributed by atoms with Crippen molar-refractivity contribution in [3.05, 3.63) is 36.1 Å². The van der Waals surface area contributed by atoms with Gasteiger partial charge in [0.05, 0.1) is 11.1 Å². The molecule has 8 heteroatoms. The number of hydrogen-bond donors (Lipinski definition) is 1. The first-order valence-corrected chi connectivity index (χ1v) is 12.9. The molecular weight excluding hydrogens is 429 g/mol. The Morgan fingerprint density at radius 2 is 1.47 bits per heavy atom. The van der Waals surface area contributed by atoms with Crippen molar-refractivity contribution in [2.75, 3.05) is 68.7 Å². The van der Waals surface area contributed by atoms with Gasteiger partial charge in [0.15, 0.2) is 0 Å². The summed E-state index contributed by atoms with van der Waals surface area (Å²) in [7, 11) is 0. The zero-order valence-corrected chi connectivity index (χ0v) is 19.8. The van der Waals surface area contributed by atoms with E-state index in [1.165, 1.54) is 25.7 Å². The fourth-order valence-corrected chi connectivity index (χ4v) is 5.59. The molecule has 0 atom stereocenters. The van der Waals surface area contributed by atoms with Crippen LogP contribution in [0.15, 0.2) is 30.3 Å². The van der Waals surface area contributed by atoms with E-state index >= 15 is 0 Å². The Labute approximate surface area is 200 Å². The quantitative estimate of drug-likeness (QED) is 0.605. The van der Waals surface area contributed by atoms with Gasteiger partial charge < -0.3 is 19.7 Å². The minimum atomic E-state index is -0.207. The second kappa shape index (κ2) is 9.50. The van der Waals surface area contributed by atoms with E-state index in [0.29, 0.717) is 0 Å². The van der Waals surface area contributed by atoms with Crippen LogP contribution >= 0.6 is 0 Å². The lowest BCUT2D eigenvalue weighted by Crippen LogP contribution is -2.44. The second-order valence-corrected chi connectivity index (χ2v) is 9.75. The van der Waals surface area contributed by atoms with E-state index in [0.717, 1.165) is 99.5 Å². The van der Waals surface area contributed by atoms with Crippen LogP contribution in [0.5, 0.6) is 0 Å². The first-order chi connectivity index (χ1) is 16.8. The molecule has 1 N–H and O–H groups in total. The topological polar surface area (TPSA) is 52.5 Å². The van der Waals surface area contributed by atoms with Crippen molar-refractivity contribution in [2.45, 2.75) is 32.2 Å². The third kappa shape index (κ3) is 4.25. The minimum absolute atomic E-state index is 0.207. The van der Waals surface area contributed by atoms with Crippen LogP contribution in [0, 0.1) is 5.82 Å². The van der Waals surface area contributed by atoms with Crippen LogP contribution in [-0.2, 0) is 6.54 Å². The van der Waals surface area contributed by atoms with Crippen molar-refractivity contribution in [2.24, 2.45) is 0 Å². The standard InChI is InChI=1S/C26H34FN7/c27-21-7-5-20(6-8-21)23-19-22-24(32-11-1-2-12-32)29-26(33-13-3-4-14-33)30-25(22)34(23)18-17-31-15-9-28-10-16-31/h5-8,19,28H,1-4,9-18H2. The maximum atomic E-state index is 13.7. The van der Waals surface area contributed by atoms with Crippen molar-refractivity contribution in [3.63, 3.8) is 0 Å². The summed E-state index contributed by atoms with van der Waals surface area (Å²) in [6.45, 7) is 10.2. The molecule has 3 saturated heterocycles. The van der Waals surface area contributed by atoms with Gasteiger partial charge in [0.25, 0.3) is 0 Å². The Morgan fingerprint density at radius 1 is 0.794 bits per heavy atom. The number of benzene rings is 1. The number of nitrogens with zero attached hydrogens (tertiary/aromatic N) is 6. The average molecular weight is 464 g/mol. The normalized spacial score (nSPS) is 19.6. The summed E-state index contributed by atoms with van der Waals surface area (Å²) < 4.78 is 16.1. The summed E-state index contributed by atoms with van der Waals surface area (Å²) >= 11 is 0. The Hall–Kier alpha value is -2.71. The zero-order valence-electron chi connectivity index (χ0n) is 19.8. The monoisotopic (exact) mass is 463 g/mol. The number of aromatic nitrogens is 3. The Bertz CT molecular complexity index is 1120. The first-order valence-electron chi connectivity index (χ1n) is 12.9. The van der Waals surface area contributed by atoms with E-state index in [2.05, 4.69) is 30.6 Å². The van der Waals surface area contributed by atoms with Gasteiger partial charge in [0.2, 0.25) is 5.95 Å². The van der Waals surface area contributed by atoms with Gasteiger partial charge >= 0.3 is 0 Å². The third-order valence-corrected chi connectivity index (χ3v) is 7.51. The molecule has 2 aromatic heterocycles. The highest BCUT2D eigenvalue weighted by atomic mass is 19.1. The summed E-state index contributed by atoms with van der Waals surface area (Å²) in [5.74, 6) is 1.72. The molecule has 7 nitrogen and oxygen atoms in total. The lowest BCUT2D eigenvalue weighted by Gasteiger charge is -2.27. The molecular formula is C26H34FN7. The summed E-state index contributed by atoms with van der Waals surface area (Å²) in [5.41, 5.74) is 3.13. The molecule has 0 unspecified atom stereocenters. The Kier molecular flexibility index (Phi) is 6.09.